The topological polar surface area (TPSA) is 63.8 Å². The van der Waals surface area contributed by atoms with Gasteiger partial charge in [0, 0.05) is 18.0 Å². The minimum absolute atomic E-state index is 0.0253. The van der Waals surface area contributed by atoms with Crippen LogP contribution in [-0.4, -0.2) is 15.5 Å². The van der Waals surface area contributed by atoms with Gasteiger partial charge in [0.15, 0.2) is 0 Å². The Morgan fingerprint density at radius 3 is 2.32 bits per heavy atom. The molecule has 1 rings (SSSR count). The van der Waals surface area contributed by atoms with Gasteiger partial charge in [-0.05, 0) is 32.1 Å². The Hall–Kier alpha value is -1.32. The van der Waals surface area contributed by atoms with Crippen LogP contribution < -0.4 is 11.1 Å². The summed E-state index contributed by atoms with van der Waals surface area (Å²) in [5.41, 5.74) is 6.08. The van der Waals surface area contributed by atoms with Gasteiger partial charge in [-0.2, -0.15) is 0 Å². The van der Waals surface area contributed by atoms with Crippen LogP contribution in [-0.2, 0) is 6.42 Å². The van der Waals surface area contributed by atoms with Gasteiger partial charge in [-0.3, -0.25) is 0 Å². The standard InChI is InChI=1S/C15H28N4/c1-7-8-12-17-11(16)9-13(18-12)19-15(5,6)10-14(2,3)4/h9H,7-8,10H2,1-6H3,(H3,16,17,18,19). The third kappa shape index (κ3) is 5.90. The first kappa shape index (κ1) is 15.7. The molecule has 0 saturated heterocycles. The molecule has 0 spiro atoms. The molecule has 0 aliphatic rings. The van der Waals surface area contributed by atoms with Crippen LogP contribution in [0.4, 0.5) is 11.6 Å². The van der Waals surface area contributed by atoms with Crippen LogP contribution in [0.3, 0.4) is 0 Å². The van der Waals surface area contributed by atoms with Gasteiger partial charge >= 0.3 is 0 Å². The van der Waals surface area contributed by atoms with Crippen molar-refractivity contribution in [2.45, 2.75) is 66.3 Å². The van der Waals surface area contributed by atoms with E-state index in [1.54, 1.807) is 0 Å². The molecular weight excluding hydrogens is 236 g/mol. The molecule has 108 valence electrons. The maximum Gasteiger partial charge on any atom is 0.133 e. The summed E-state index contributed by atoms with van der Waals surface area (Å²) in [6.07, 6.45) is 2.93. The highest BCUT2D eigenvalue weighted by Crippen LogP contribution is 2.29. The molecule has 0 amide bonds. The summed E-state index contributed by atoms with van der Waals surface area (Å²) in [5.74, 6) is 2.18. The zero-order valence-corrected chi connectivity index (χ0v) is 13.2. The van der Waals surface area contributed by atoms with E-state index < -0.39 is 0 Å². The average Bonchev–Trinajstić information content (AvgIpc) is 2.10. The fourth-order valence-electron chi connectivity index (χ4n) is 2.63. The summed E-state index contributed by atoms with van der Waals surface area (Å²) in [4.78, 5) is 8.79. The lowest BCUT2D eigenvalue weighted by Gasteiger charge is -2.33. The zero-order valence-electron chi connectivity index (χ0n) is 13.2. The molecule has 1 aromatic heterocycles. The highest BCUT2D eigenvalue weighted by Gasteiger charge is 2.25. The van der Waals surface area contributed by atoms with Gasteiger partial charge in [0.05, 0.1) is 0 Å². The smallest absolute Gasteiger partial charge is 0.133 e. The minimum atomic E-state index is -0.0253. The van der Waals surface area contributed by atoms with E-state index >= 15 is 0 Å². The molecule has 0 fully saturated rings. The lowest BCUT2D eigenvalue weighted by Crippen LogP contribution is -2.35. The molecule has 0 unspecified atom stereocenters. The van der Waals surface area contributed by atoms with Gasteiger partial charge in [-0.25, -0.2) is 9.97 Å². The van der Waals surface area contributed by atoms with E-state index in [0.29, 0.717) is 5.82 Å². The van der Waals surface area contributed by atoms with E-state index in [2.05, 4.69) is 56.8 Å². The summed E-state index contributed by atoms with van der Waals surface area (Å²) in [6, 6.07) is 1.81. The molecule has 4 heteroatoms. The molecule has 19 heavy (non-hydrogen) atoms. The van der Waals surface area contributed by atoms with Crippen LogP contribution in [0.2, 0.25) is 0 Å². The third-order valence-electron chi connectivity index (χ3n) is 2.70. The lowest BCUT2D eigenvalue weighted by atomic mass is 9.82. The summed E-state index contributed by atoms with van der Waals surface area (Å²) < 4.78 is 0. The largest absolute Gasteiger partial charge is 0.384 e. The quantitative estimate of drug-likeness (QED) is 0.852. The fraction of sp³-hybridized carbons (Fsp3) is 0.733. The molecular formula is C15H28N4. The zero-order chi connectivity index (χ0) is 14.7. The van der Waals surface area contributed by atoms with Crippen molar-refractivity contribution in [1.82, 2.24) is 9.97 Å². The lowest BCUT2D eigenvalue weighted by molar-refractivity contribution is 0.302. The van der Waals surface area contributed by atoms with E-state index in [1.807, 2.05) is 6.07 Å². The molecule has 1 aromatic rings. The van der Waals surface area contributed by atoms with Crippen LogP contribution in [0.5, 0.6) is 0 Å². The second-order valence-electron chi connectivity index (χ2n) is 7.09. The Morgan fingerprint density at radius 2 is 1.79 bits per heavy atom. The first-order valence-corrected chi connectivity index (χ1v) is 7.03. The Balaban J connectivity index is 2.86. The van der Waals surface area contributed by atoms with Gasteiger partial charge in [0.2, 0.25) is 0 Å². The van der Waals surface area contributed by atoms with Gasteiger partial charge in [-0.1, -0.05) is 27.7 Å². The van der Waals surface area contributed by atoms with Crippen LogP contribution in [0, 0.1) is 5.41 Å². The van der Waals surface area contributed by atoms with Gasteiger partial charge in [-0.15, -0.1) is 0 Å². The summed E-state index contributed by atoms with van der Waals surface area (Å²) >= 11 is 0. The van der Waals surface area contributed by atoms with Crippen LogP contribution in [0.1, 0.15) is 60.2 Å². The number of anilines is 2. The minimum Gasteiger partial charge on any atom is -0.384 e. The molecule has 0 aliphatic carbocycles. The maximum atomic E-state index is 5.84. The predicted molar refractivity (Wildman–Crippen MR) is 82.2 cm³/mol. The summed E-state index contributed by atoms with van der Waals surface area (Å²) in [7, 11) is 0. The second-order valence-corrected chi connectivity index (χ2v) is 7.09. The Morgan fingerprint density at radius 1 is 1.16 bits per heavy atom. The van der Waals surface area contributed by atoms with Gasteiger partial charge in [0.1, 0.15) is 17.5 Å². The highest BCUT2D eigenvalue weighted by molar-refractivity contribution is 5.46. The van der Waals surface area contributed by atoms with Gasteiger partial charge < -0.3 is 11.1 Å². The van der Waals surface area contributed by atoms with Crippen molar-refractivity contribution in [2.75, 3.05) is 11.1 Å². The SMILES string of the molecule is CCCc1nc(N)cc(NC(C)(C)CC(C)(C)C)n1. The number of aryl methyl sites for hydroxylation is 1. The van der Waals surface area contributed by atoms with E-state index in [1.165, 1.54) is 0 Å². The van der Waals surface area contributed by atoms with Crippen molar-refractivity contribution < 1.29 is 0 Å². The van der Waals surface area contributed by atoms with Gasteiger partial charge in [0.25, 0.3) is 0 Å². The normalized spacial score (nSPS) is 12.5. The van der Waals surface area contributed by atoms with E-state index in [-0.39, 0.29) is 11.0 Å². The van der Waals surface area contributed by atoms with Crippen molar-refractivity contribution in [3.63, 3.8) is 0 Å². The molecule has 0 radical (unpaired) electrons. The number of nitrogen functional groups attached to an aromatic ring is 1. The highest BCUT2D eigenvalue weighted by atomic mass is 15.1. The Bertz CT molecular complexity index is 419. The monoisotopic (exact) mass is 264 g/mol. The van der Waals surface area contributed by atoms with Crippen molar-refractivity contribution in [3.05, 3.63) is 11.9 Å². The Kier molecular flexibility index (Phi) is 4.77. The molecule has 0 saturated carbocycles. The molecule has 0 bridgehead atoms. The molecule has 1 heterocycles. The van der Waals surface area contributed by atoms with Crippen molar-refractivity contribution >= 4 is 11.6 Å². The number of nitrogens with zero attached hydrogens (tertiary/aromatic N) is 2. The third-order valence-corrected chi connectivity index (χ3v) is 2.70. The first-order chi connectivity index (χ1) is 8.61. The number of aromatic nitrogens is 2. The number of rotatable bonds is 5. The summed E-state index contributed by atoms with van der Waals surface area (Å²) in [5, 5.41) is 3.48. The Labute approximate surface area is 117 Å². The number of nitrogens with one attached hydrogen (secondary N) is 1. The van der Waals surface area contributed by atoms with Crippen LogP contribution >= 0.6 is 0 Å². The van der Waals surface area contributed by atoms with E-state index in [0.717, 1.165) is 30.9 Å². The number of hydrogen-bond acceptors (Lipinski definition) is 4. The maximum absolute atomic E-state index is 5.84. The number of hydrogen-bond donors (Lipinski definition) is 2. The molecule has 0 aromatic carbocycles. The molecule has 0 aliphatic heterocycles. The molecule has 0 atom stereocenters. The van der Waals surface area contributed by atoms with Crippen molar-refractivity contribution in [2.24, 2.45) is 5.41 Å². The number of nitrogens with two attached hydrogens (primary N) is 1. The fourth-order valence-corrected chi connectivity index (χ4v) is 2.63. The van der Waals surface area contributed by atoms with E-state index in [4.69, 9.17) is 5.73 Å². The molecule has 3 N–H and O–H groups in total. The first-order valence-electron chi connectivity index (χ1n) is 7.03. The average molecular weight is 264 g/mol. The van der Waals surface area contributed by atoms with E-state index in [9.17, 15) is 0 Å². The second kappa shape index (κ2) is 5.76. The van der Waals surface area contributed by atoms with Crippen LogP contribution in [0.25, 0.3) is 0 Å². The summed E-state index contributed by atoms with van der Waals surface area (Å²) in [6.45, 7) is 13.2. The predicted octanol–water partition coefficient (Wildman–Crippen LogP) is 3.64. The van der Waals surface area contributed by atoms with Crippen molar-refractivity contribution in [1.29, 1.82) is 0 Å². The van der Waals surface area contributed by atoms with Crippen LogP contribution in [0.15, 0.2) is 6.07 Å². The molecule has 4 nitrogen and oxygen atoms in total. The van der Waals surface area contributed by atoms with Crippen molar-refractivity contribution in [3.8, 4) is 0 Å².